The molecule has 0 saturated heterocycles. The number of hydrogen-bond donors (Lipinski definition) is 1. The average Bonchev–Trinajstić information content (AvgIpc) is 3.01. The van der Waals surface area contributed by atoms with E-state index in [1.165, 1.54) is 0 Å². The number of fused-ring (bicyclic) bond motifs is 1. The second-order valence-corrected chi connectivity index (χ2v) is 7.65. The molecule has 0 aliphatic heterocycles. The fourth-order valence-electron chi connectivity index (χ4n) is 3.46. The highest BCUT2D eigenvalue weighted by molar-refractivity contribution is 6.31. The third kappa shape index (κ3) is 4.74. The largest absolute Gasteiger partial charge is 0.467 e. The molecule has 7 nitrogen and oxygen atoms in total. The number of halogens is 1. The Bertz CT molecular complexity index is 1060. The Morgan fingerprint density at radius 3 is 2.70 bits per heavy atom. The lowest BCUT2D eigenvalue weighted by Crippen LogP contribution is -2.23. The summed E-state index contributed by atoms with van der Waals surface area (Å²) in [5.41, 5.74) is 4.26. The van der Waals surface area contributed by atoms with Crippen molar-refractivity contribution in [3.8, 4) is 5.88 Å². The summed E-state index contributed by atoms with van der Waals surface area (Å²) in [5.74, 6) is 0.138. The first-order valence-electron chi connectivity index (χ1n) is 10.1. The minimum atomic E-state index is -0.270. The van der Waals surface area contributed by atoms with Gasteiger partial charge in [-0.1, -0.05) is 31.5 Å². The predicted molar refractivity (Wildman–Crippen MR) is 120 cm³/mol. The zero-order chi connectivity index (χ0) is 21.8. The van der Waals surface area contributed by atoms with Crippen LogP contribution in [0.15, 0.2) is 24.3 Å². The van der Waals surface area contributed by atoms with Crippen LogP contribution in [0.1, 0.15) is 30.7 Å². The molecular weight excluding hydrogens is 402 g/mol. The fraction of sp³-hybridized carbons (Fsp3) is 0.409. The minimum Gasteiger partial charge on any atom is -0.467 e. The predicted octanol–water partition coefficient (Wildman–Crippen LogP) is 4.10. The van der Waals surface area contributed by atoms with Crippen molar-refractivity contribution in [2.24, 2.45) is 7.05 Å². The van der Waals surface area contributed by atoms with Gasteiger partial charge in [-0.15, -0.1) is 0 Å². The summed E-state index contributed by atoms with van der Waals surface area (Å²) in [7, 11) is 1.86. The van der Waals surface area contributed by atoms with E-state index < -0.39 is 0 Å². The first kappa shape index (κ1) is 22.1. The van der Waals surface area contributed by atoms with Gasteiger partial charge >= 0.3 is 0 Å². The van der Waals surface area contributed by atoms with Crippen LogP contribution in [0.4, 0.5) is 5.69 Å². The van der Waals surface area contributed by atoms with Crippen LogP contribution in [0, 0.1) is 13.8 Å². The van der Waals surface area contributed by atoms with Crippen molar-refractivity contribution in [2.45, 2.75) is 34.2 Å². The number of amides is 1. The number of aromatic nitrogens is 3. The van der Waals surface area contributed by atoms with E-state index in [4.69, 9.17) is 16.3 Å². The molecule has 1 amide bonds. The molecule has 0 radical (unpaired) electrons. The van der Waals surface area contributed by atoms with Crippen LogP contribution in [-0.4, -0.2) is 45.3 Å². The smallest absolute Gasteiger partial charge is 0.262 e. The van der Waals surface area contributed by atoms with Crippen LogP contribution in [0.25, 0.3) is 11.0 Å². The highest BCUT2D eigenvalue weighted by Gasteiger charge is 2.16. The Morgan fingerprint density at radius 2 is 2.00 bits per heavy atom. The van der Waals surface area contributed by atoms with Crippen LogP contribution < -0.4 is 10.1 Å². The molecule has 3 aromatic rings. The van der Waals surface area contributed by atoms with Crippen LogP contribution in [0.2, 0.25) is 5.02 Å². The molecule has 0 unspecified atom stereocenters. The molecule has 160 valence electrons. The summed E-state index contributed by atoms with van der Waals surface area (Å²) in [6, 6.07) is 7.30. The van der Waals surface area contributed by atoms with Crippen LogP contribution >= 0.6 is 11.6 Å². The first-order chi connectivity index (χ1) is 14.3. The third-order valence-electron chi connectivity index (χ3n) is 5.21. The van der Waals surface area contributed by atoms with E-state index in [0.717, 1.165) is 47.5 Å². The van der Waals surface area contributed by atoms with E-state index in [9.17, 15) is 4.79 Å². The number of ether oxygens (including phenoxy) is 1. The summed E-state index contributed by atoms with van der Waals surface area (Å²) in [6.45, 7) is 10.6. The highest BCUT2D eigenvalue weighted by atomic mass is 35.5. The van der Waals surface area contributed by atoms with E-state index in [1.54, 1.807) is 16.8 Å². The number of carbonyl (C=O) groups is 1. The standard InChI is InChI=1S/C22H28ClN5O2/c1-6-28(7-2)12-16-11-20(25-22-21(16)15(4)26-27(22)5)30-13-19(29)24-18-10-8-9-17(23)14(18)3/h8-11H,6-7,12-13H2,1-5H3,(H,24,29). The Hall–Kier alpha value is -2.64. The van der Waals surface area contributed by atoms with Crippen molar-refractivity contribution >= 4 is 34.2 Å². The molecule has 1 aromatic carbocycles. The van der Waals surface area contributed by atoms with E-state index in [2.05, 4.69) is 34.1 Å². The van der Waals surface area contributed by atoms with Crippen LogP contribution in [-0.2, 0) is 18.4 Å². The van der Waals surface area contributed by atoms with Gasteiger partial charge in [0.25, 0.3) is 5.91 Å². The van der Waals surface area contributed by atoms with Crippen molar-refractivity contribution in [1.82, 2.24) is 19.7 Å². The van der Waals surface area contributed by atoms with Gasteiger partial charge in [-0.25, -0.2) is 0 Å². The Morgan fingerprint density at radius 1 is 1.27 bits per heavy atom. The molecule has 1 N–H and O–H groups in total. The first-order valence-corrected chi connectivity index (χ1v) is 10.4. The summed E-state index contributed by atoms with van der Waals surface area (Å²) in [6.07, 6.45) is 0. The normalized spacial score (nSPS) is 11.3. The van der Waals surface area contributed by atoms with Crippen molar-refractivity contribution < 1.29 is 9.53 Å². The number of aryl methyl sites for hydroxylation is 2. The molecule has 0 bridgehead atoms. The van der Waals surface area contributed by atoms with E-state index in [0.29, 0.717) is 16.6 Å². The van der Waals surface area contributed by atoms with Gasteiger partial charge < -0.3 is 10.1 Å². The monoisotopic (exact) mass is 429 g/mol. The third-order valence-corrected chi connectivity index (χ3v) is 5.62. The minimum absolute atomic E-state index is 0.147. The van der Waals surface area contributed by atoms with Gasteiger partial charge in [0.05, 0.1) is 5.69 Å². The van der Waals surface area contributed by atoms with Gasteiger partial charge in [-0.3, -0.25) is 14.4 Å². The second kappa shape index (κ2) is 9.45. The molecule has 0 saturated carbocycles. The molecule has 2 heterocycles. The van der Waals surface area contributed by atoms with Crippen molar-refractivity contribution in [3.05, 3.63) is 46.1 Å². The molecular formula is C22H28ClN5O2. The molecule has 3 rings (SSSR count). The maximum Gasteiger partial charge on any atom is 0.262 e. The number of nitrogens with zero attached hydrogens (tertiary/aromatic N) is 4. The molecule has 0 aliphatic carbocycles. The molecule has 2 aromatic heterocycles. The second-order valence-electron chi connectivity index (χ2n) is 7.24. The van der Waals surface area contributed by atoms with Gasteiger partial charge in [0.15, 0.2) is 12.3 Å². The number of anilines is 1. The number of benzene rings is 1. The maximum absolute atomic E-state index is 12.4. The van der Waals surface area contributed by atoms with Gasteiger partial charge in [0.1, 0.15) is 0 Å². The summed E-state index contributed by atoms with van der Waals surface area (Å²) >= 11 is 6.12. The lowest BCUT2D eigenvalue weighted by molar-refractivity contribution is -0.118. The van der Waals surface area contributed by atoms with Crippen LogP contribution in [0.3, 0.4) is 0 Å². The van der Waals surface area contributed by atoms with Crippen molar-refractivity contribution in [2.75, 3.05) is 25.0 Å². The van der Waals surface area contributed by atoms with Gasteiger partial charge in [0.2, 0.25) is 5.88 Å². The lowest BCUT2D eigenvalue weighted by Gasteiger charge is -2.19. The van der Waals surface area contributed by atoms with Crippen molar-refractivity contribution in [3.63, 3.8) is 0 Å². The lowest BCUT2D eigenvalue weighted by atomic mass is 10.1. The number of pyridine rings is 1. The van der Waals surface area contributed by atoms with Gasteiger partial charge in [-0.05, 0) is 50.2 Å². The summed E-state index contributed by atoms with van der Waals surface area (Å²) < 4.78 is 7.50. The molecule has 8 heteroatoms. The SMILES string of the molecule is CCN(CC)Cc1cc(OCC(=O)Nc2cccc(Cl)c2C)nc2c1c(C)nn2C. The van der Waals surface area contributed by atoms with Gasteiger partial charge in [0, 0.05) is 35.8 Å². The number of rotatable bonds is 8. The zero-order valence-corrected chi connectivity index (χ0v) is 18.9. The zero-order valence-electron chi connectivity index (χ0n) is 18.1. The topological polar surface area (TPSA) is 72.3 Å². The average molecular weight is 430 g/mol. The Labute approximate surface area is 182 Å². The van der Waals surface area contributed by atoms with Crippen molar-refractivity contribution in [1.29, 1.82) is 0 Å². The number of carbonyl (C=O) groups excluding carboxylic acids is 1. The highest BCUT2D eigenvalue weighted by Crippen LogP contribution is 2.26. The van der Waals surface area contributed by atoms with E-state index in [-0.39, 0.29) is 12.5 Å². The fourth-order valence-corrected chi connectivity index (χ4v) is 3.64. The summed E-state index contributed by atoms with van der Waals surface area (Å²) in [5, 5.41) is 8.99. The Kier molecular flexibility index (Phi) is 6.95. The molecule has 0 atom stereocenters. The Balaban J connectivity index is 1.81. The number of hydrogen-bond acceptors (Lipinski definition) is 5. The summed E-state index contributed by atoms with van der Waals surface area (Å²) in [4.78, 5) is 19.3. The molecule has 30 heavy (non-hydrogen) atoms. The van der Waals surface area contributed by atoms with Crippen LogP contribution in [0.5, 0.6) is 5.88 Å². The molecule has 0 spiro atoms. The maximum atomic E-state index is 12.4. The van der Waals surface area contributed by atoms with Gasteiger partial charge in [-0.2, -0.15) is 10.1 Å². The molecule has 0 aliphatic rings. The molecule has 0 fully saturated rings. The van der Waals surface area contributed by atoms with E-state index in [1.807, 2.05) is 33.0 Å². The van der Waals surface area contributed by atoms with E-state index >= 15 is 0 Å². The number of nitrogens with one attached hydrogen (secondary N) is 1. The quantitative estimate of drug-likeness (QED) is 0.583.